The number of aromatic nitrogens is 4. The Morgan fingerprint density at radius 1 is 0.848 bits per heavy atom. The van der Waals surface area contributed by atoms with Crippen LogP contribution in [0.4, 0.5) is 19.0 Å². The molecule has 2 aromatic carbocycles. The molecule has 9 heteroatoms. The zero-order chi connectivity index (χ0) is 23.3. The highest BCUT2D eigenvalue weighted by Gasteiger charge is 2.30. The van der Waals surface area contributed by atoms with E-state index in [-0.39, 0.29) is 19.0 Å². The van der Waals surface area contributed by atoms with Gasteiger partial charge in [0.05, 0.1) is 12.2 Å². The Morgan fingerprint density at radius 3 is 2.21 bits per heavy atom. The third kappa shape index (κ3) is 5.32. The van der Waals surface area contributed by atoms with Gasteiger partial charge in [0.15, 0.2) is 5.82 Å². The molecule has 0 radical (unpaired) electrons. The highest BCUT2D eigenvalue weighted by molar-refractivity contribution is 5.73. The Kier molecular flexibility index (Phi) is 6.60. The average molecular weight is 451 g/mol. The summed E-state index contributed by atoms with van der Waals surface area (Å²) in [4.78, 5) is 10.7. The molecule has 0 aliphatic rings. The van der Waals surface area contributed by atoms with E-state index in [4.69, 9.17) is 0 Å². The molecule has 0 spiro atoms. The maximum absolute atomic E-state index is 13.0. The van der Waals surface area contributed by atoms with Gasteiger partial charge in [-0.25, -0.2) is 4.98 Å². The number of hydrogen-bond acceptors (Lipinski definition) is 6. The lowest BCUT2D eigenvalue weighted by molar-refractivity contribution is -0.137. The molecule has 0 amide bonds. The summed E-state index contributed by atoms with van der Waals surface area (Å²) in [5, 5.41) is 18.2. The number of halogens is 3. The van der Waals surface area contributed by atoms with Crippen molar-refractivity contribution >= 4 is 5.82 Å². The van der Waals surface area contributed by atoms with Crippen molar-refractivity contribution in [3.63, 3.8) is 0 Å². The van der Waals surface area contributed by atoms with Crippen LogP contribution in [0.25, 0.3) is 22.8 Å². The predicted octanol–water partition coefficient (Wildman–Crippen LogP) is 4.62. The maximum atomic E-state index is 13.0. The fraction of sp³-hybridized carbons (Fsp3) is 0.167. The molecule has 0 saturated carbocycles. The Hall–Kier alpha value is -3.85. The molecule has 33 heavy (non-hydrogen) atoms. The summed E-state index contributed by atoms with van der Waals surface area (Å²) in [6.45, 7) is 0.500. The molecule has 1 N–H and O–H groups in total. The number of aliphatic hydroxyl groups excluding tert-OH is 1. The molecule has 2 aromatic heterocycles. The van der Waals surface area contributed by atoms with Crippen molar-refractivity contribution in [1.29, 1.82) is 0 Å². The monoisotopic (exact) mass is 451 g/mol. The van der Waals surface area contributed by atoms with Crippen LogP contribution in [0, 0.1) is 0 Å². The van der Waals surface area contributed by atoms with Crippen molar-refractivity contribution in [3.05, 3.63) is 90.1 Å². The topological polar surface area (TPSA) is 75.0 Å². The Balaban J connectivity index is 1.81. The lowest BCUT2D eigenvalue weighted by atomic mass is 10.1. The molecule has 4 aromatic rings. The van der Waals surface area contributed by atoms with Gasteiger partial charge in [0.1, 0.15) is 11.4 Å². The normalized spacial score (nSPS) is 11.4. The van der Waals surface area contributed by atoms with Crippen LogP contribution < -0.4 is 4.90 Å². The number of pyridine rings is 1. The van der Waals surface area contributed by atoms with Gasteiger partial charge in [-0.05, 0) is 29.8 Å². The van der Waals surface area contributed by atoms with Crippen LogP contribution in [0.15, 0.2) is 79.0 Å². The van der Waals surface area contributed by atoms with E-state index >= 15 is 0 Å². The molecule has 0 unspecified atom stereocenters. The molecule has 0 aliphatic carbocycles. The number of hydrogen-bond donors (Lipinski definition) is 1. The SMILES string of the molecule is OCCN(Cc1ccccc1)c1nc(-c2ccccn2)nnc1-c1ccc(C(F)(F)F)cc1. The van der Waals surface area contributed by atoms with E-state index in [1.807, 2.05) is 35.2 Å². The Bertz CT molecular complexity index is 1190. The van der Waals surface area contributed by atoms with Crippen molar-refractivity contribution < 1.29 is 18.3 Å². The minimum absolute atomic E-state index is 0.151. The second kappa shape index (κ2) is 9.74. The summed E-state index contributed by atoms with van der Waals surface area (Å²) in [6.07, 6.45) is -2.83. The summed E-state index contributed by atoms with van der Waals surface area (Å²) in [5.41, 5.74) is 1.47. The second-order valence-corrected chi connectivity index (χ2v) is 7.23. The number of alkyl halides is 3. The zero-order valence-corrected chi connectivity index (χ0v) is 17.4. The first kappa shape index (κ1) is 22.3. The van der Waals surface area contributed by atoms with E-state index in [1.54, 1.807) is 24.4 Å². The predicted molar refractivity (Wildman–Crippen MR) is 118 cm³/mol. The summed E-state index contributed by atoms with van der Waals surface area (Å²) in [7, 11) is 0. The van der Waals surface area contributed by atoms with Gasteiger partial charge >= 0.3 is 6.18 Å². The fourth-order valence-corrected chi connectivity index (χ4v) is 3.33. The number of benzene rings is 2. The van der Waals surface area contributed by atoms with E-state index < -0.39 is 11.7 Å². The molecule has 0 atom stereocenters. The largest absolute Gasteiger partial charge is 0.416 e. The molecular weight excluding hydrogens is 431 g/mol. The Labute approximate surface area is 188 Å². The molecule has 6 nitrogen and oxygen atoms in total. The van der Waals surface area contributed by atoms with Crippen LogP contribution in [0.3, 0.4) is 0 Å². The van der Waals surface area contributed by atoms with Gasteiger partial charge in [-0.2, -0.15) is 13.2 Å². The first-order valence-electron chi connectivity index (χ1n) is 10.2. The summed E-state index contributed by atoms with van der Waals surface area (Å²) >= 11 is 0. The molecule has 0 aliphatic heterocycles. The lowest BCUT2D eigenvalue weighted by Gasteiger charge is -2.25. The second-order valence-electron chi connectivity index (χ2n) is 7.23. The molecular formula is C24H20F3N5O. The molecule has 0 bridgehead atoms. The first-order valence-corrected chi connectivity index (χ1v) is 10.2. The van der Waals surface area contributed by atoms with Crippen LogP contribution in [0.5, 0.6) is 0 Å². The van der Waals surface area contributed by atoms with Gasteiger partial charge in [0.2, 0.25) is 5.82 Å². The van der Waals surface area contributed by atoms with Crippen LogP contribution in [0.1, 0.15) is 11.1 Å². The molecule has 168 valence electrons. The van der Waals surface area contributed by atoms with Gasteiger partial charge in [-0.3, -0.25) is 4.98 Å². The van der Waals surface area contributed by atoms with Crippen LogP contribution in [-0.4, -0.2) is 38.4 Å². The van der Waals surface area contributed by atoms with E-state index in [2.05, 4.69) is 20.2 Å². The van der Waals surface area contributed by atoms with E-state index in [1.165, 1.54) is 12.1 Å². The van der Waals surface area contributed by atoms with Gasteiger partial charge in [0, 0.05) is 24.8 Å². The van der Waals surface area contributed by atoms with E-state index in [9.17, 15) is 18.3 Å². The number of rotatable bonds is 7. The number of nitrogens with zero attached hydrogens (tertiary/aromatic N) is 5. The summed E-state index contributed by atoms with van der Waals surface area (Å²) in [5.74, 6) is 0.667. The van der Waals surface area contributed by atoms with E-state index in [0.717, 1.165) is 17.7 Å². The van der Waals surface area contributed by atoms with Gasteiger partial charge < -0.3 is 10.0 Å². The smallest absolute Gasteiger partial charge is 0.395 e. The minimum atomic E-state index is -4.44. The van der Waals surface area contributed by atoms with Crippen molar-refractivity contribution in [2.24, 2.45) is 0 Å². The van der Waals surface area contributed by atoms with Crippen LogP contribution in [0.2, 0.25) is 0 Å². The van der Waals surface area contributed by atoms with E-state index in [0.29, 0.717) is 29.3 Å². The average Bonchev–Trinajstić information content (AvgIpc) is 2.84. The summed E-state index contributed by atoms with van der Waals surface area (Å²) < 4.78 is 39.1. The maximum Gasteiger partial charge on any atom is 0.416 e. The van der Waals surface area contributed by atoms with Crippen molar-refractivity contribution in [2.75, 3.05) is 18.1 Å². The third-order valence-corrected chi connectivity index (χ3v) is 4.93. The molecule has 0 fully saturated rings. The highest BCUT2D eigenvalue weighted by atomic mass is 19.4. The first-order chi connectivity index (χ1) is 16.0. The Morgan fingerprint density at radius 2 is 1.58 bits per heavy atom. The minimum Gasteiger partial charge on any atom is -0.395 e. The summed E-state index contributed by atoms with van der Waals surface area (Å²) in [6, 6.07) is 19.6. The van der Waals surface area contributed by atoms with Crippen molar-refractivity contribution in [2.45, 2.75) is 12.7 Å². The standard InChI is InChI=1S/C24H20F3N5O/c25-24(26,27)19-11-9-18(10-12-19)21-23(29-22(31-30-21)20-8-4-5-13-28-20)32(14-15-33)16-17-6-2-1-3-7-17/h1-13,33H,14-16H2. The molecule has 4 rings (SSSR count). The quantitative estimate of drug-likeness (QED) is 0.442. The van der Waals surface area contributed by atoms with Crippen molar-refractivity contribution in [1.82, 2.24) is 20.2 Å². The third-order valence-electron chi connectivity index (χ3n) is 4.93. The number of aliphatic hydroxyl groups is 1. The fourth-order valence-electron chi connectivity index (χ4n) is 3.33. The van der Waals surface area contributed by atoms with Crippen LogP contribution in [-0.2, 0) is 12.7 Å². The van der Waals surface area contributed by atoms with Crippen LogP contribution >= 0.6 is 0 Å². The number of anilines is 1. The van der Waals surface area contributed by atoms with Gasteiger partial charge in [-0.15, -0.1) is 10.2 Å². The van der Waals surface area contributed by atoms with Gasteiger partial charge in [-0.1, -0.05) is 48.5 Å². The lowest BCUT2D eigenvalue weighted by Crippen LogP contribution is -2.28. The van der Waals surface area contributed by atoms with Crippen molar-refractivity contribution in [3.8, 4) is 22.8 Å². The highest BCUT2D eigenvalue weighted by Crippen LogP contribution is 2.33. The van der Waals surface area contributed by atoms with Gasteiger partial charge in [0.25, 0.3) is 0 Å². The molecule has 2 heterocycles. The zero-order valence-electron chi connectivity index (χ0n) is 17.4. The molecule has 0 saturated heterocycles.